The molecule has 1 aromatic rings. The van der Waals surface area contributed by atoms with E-state index in [4.69, 9.17) is 14.2 Å². The fourth-order valence-electron chi connectivity index (χ4n) is 4.77. The molecule has 3 aliphatic rings. The molecule has 0 N–H and O–H groups in total. The summed E-state index contributed by atoms with van der Waals surface area (Å²) in [6, 6.07) is 7.76. The van der Waals surface area contributed by atoms with Crippen LogP contribution < -0.4 is 9.47 Å². The first kappa shape index (κ1) is 28.4. The number of carbonyl (C=O) groups excluding carboxylic acids is 1. The van der Waals surface area contributed by atoms with E-state index in [1.54, 1.807) is 4.90 Å². The summed E-state index contributed by atoms with van der Waals surface area (Å²) in [7, 11) is 0. The van der Waals surface area contributed by atoms with Gasteiger partial charge in [0.25, 0.3) is 5.91 Å². The minimum atomic E-state index is -0.763. The second-order valence-corrected chi connectivity index (χ2v) is 9.61. The van der Waals surface area contributed by atoms with Gasteiger partial charge in [-0.05, 0) is 63.5 Å². The average molecular weight is 717 g/mol. The molecule has 3 aliphatic heterocycles. The molecular weight excluding hydrogens is 678 g/mol. The molecule has 2 bridgehead atoms. The molecule has 3 atom stereocenters. The first-order valence-corrected chi connectivity index (χ1v) is 12.2. The standard InChI is InChI=1S/C29H36N2O4.U.H2/c1-7-10-22(19(2)3)15-31(29(32)28-18-34-26-11-8-9-12-27(26)35-28)25(20(4)5)13-21(6)30-16-24-14-23(30)17-33-24;;/h7-13,23-24,28H,4,6,14-18H2,1-3,5H3;;1H/b10-7-,25-13+;;/t23?,24?,28-;;/m1../s1. The number of benzene rings is 1. The van der Waals surface area contributed by atoms with Crippen LogP contribution in [0.5, 0.6) is 11.5 Å². The monoisotopic (exact) mass is 716 g/mol. The fourth-order valence-corrected chi connectivity index (χ4v) is 4.77. The van der Waals surface area contributed by atoms with Gasteiger partial charge in [0.1, 0.15) is 6.61 Å². The number of likely N-dealkylation sites (tertiary alicyclic amines) is 1. The van der Waals surface area contributed by atoms with Gasteiger partial charge in [0.15, 0.2) is 11.5 Å². The van der Waals surface area contributed by atoms with E-state index < -0.39 is 6.10 Å². The Morgan fingerprint density at radius 2 is 1.92 bits per heavy atom. The van der Waals surface area contributed by atoms with E-state index in [2.05, 4.69) is 31.9 Å². The van der Waals surface area contributed by atoms with Crippen LogP contribution >= 0.6 is 0 Å². The van der Waals surface area contributed by atoms with Crippen molar-refractivity contribution in [3.8, 4) is 11.5 Å². The molecule has 2 fully saturated rings. The summed E-state index contributed by atoms with van der Waals surface area (Å²) >= 11 is 0. The number of ether oxygens (including phenoxy) is 3. The summed E-state index contributed by atoms with van der Waals surface area (Å²) in [5.74, 6) is 1.06. The number of fused-ring (bicyclic) bond motifs is 3. The number of morpholine rings is 1. The maximum absolute atomic E-state index is 14.0. The molecule has 1 aromatic carbocycles. The SMILES string of the molecule is C=C(C)/C(=C\C(=C)N1CC2CC1CO2)N(CC(/C=C\C)=C(C)C)C(=O)[C@H]1COc2ccccc2O1.[HH].[U]. The molecule has 0 saturated carbocycles. The Bertz CT molecular complexity index is 1110. The summed E-state index contributed by atoms with van der Waals surface area (Å²) < 4.78 is 17.7. The van der Waals surface area contributed by atoms with Crippen molar-refractivity contribution in [3.63, 3.8) is 0 Å². The Kier molecular flexibility index (Phi) is 9.74. The van der Waals surface area contributed by atoms with Crippen LogP contribution in [-0.4, -0.2) is 60.3 Å². The summed E-state index contributed by atoms with van der Waals surface area (Å²) in [4.78, 5) is 18.0. The van der Waals surface area contributed by atoms with Gasteiger partial charge in [-0.15, -0.1) is 0 Å². The summed E-state index contributed by atoms with van der Waals surface area (Å²) in [6.45, 7) is 18.7. The Morgan fingerprint density at radius 1 is 1.19 bits per heavy atom. The van der Waals surface area contributed by atoms with Gasteiger partial charge in [0.05, 0.1) is 25.3 Å². The number of allylic oxidation sites excluding steroid dienone is 4. The number of carbonyl (C=O) groups is 1. The summed E-state index contributed by atoms with van der Waals surface area (Å²) in [6.07, 6.45) is 6.54. The zero-order chi connectivity index (χ0) is 25.1. The van der Waals surface area contributed by atoms with Crippen molar-refractivity contribution < 1.29 is 51.5 Å². The second-order valence-electron chi connectivity index (χ2n) is 9.61. The van der Waals surface area contributed by atoms with Crippen LogP contribution in [0.4, 0.5) is 0 Å². The molecule has 0 aromatic heterocycles. The molecule has 1 amide bonds. The largest absolute Gasteiger partial charge is 0.485 e. The molecular formula is C29H38N2O4U. The molecule has 3 heterocycles. The van der Waals surface area contributed by atoms with Crippen molar-refractivity contribution in [1.82, 2.24) is 9.80 Å². The van der Waals surface area contributed by atoms with E-state index in [9.17, 15) is 4.79 Å². The number of hydrogen-bond acceptors (Lipinski definition) is 5. The summed E-state index contributed by atoms with van der Waals surface area (Å²) in [5, 5.41) is 0. The fraction of sp³-hybridized carbons (Fsp3) is 0.414. The molecule has 192 valence electrons. The summed E-state index contributed by atoms with van der Waals surface area (Å²) in [5.41, 5.74) is 4.58. The Labute approximate surface area is 240 Å². The predicted octanol–water partition coefficient (Wildman–Crippen LogP) is 5.26. The minimum Gasteiger partial charge on any atom is -0.485 e. The molecule has 4 rings (SSSR count). The van der Waals surface area contributed by atoms with Gasteiger partial charge in [0, 0.05) is 50.5 Å². The number of amides is 1. The van der Waals surface area contributed by atoms with Crippen molar-refractivity contribution in [2.45, 2.75) is 52.4 Å². The Hall–Kier alpha value is -2.20. The molecule has 6 nitrogen and oxygen atoms in total. The van der Waals surface area contributed by atoms with Crippen LogP contribution in [0.2, 0.25) is 0 Å². The molecule has 7 heteroatoms. The maximum Gasteiger partial charge on any atom is 0.271 e. The van der Waals surface area contributed by atoms with E-state index in [-0.39, 0.29) is 51.2 Å². The Morgan fingerprint density at radius 3 is 2.50 bits per heavy atom. The van der Waals surface area contributed by atoms with Crippen LogP contribution in [0, 0.1) is 31.1 Å². The third kappa shape index (κ3) is 6.19. The first-order valence-electron chi connectivity index (χ1n) is 12.2. The van der Waals surface area contributed by atoms with Crippen molar-refractivity contribution in [1.29, 1.82) is 0 Å². The van der Waals surface area contributed by atoms with Gasteiger partial charge in [-0.25, -0.2) is 0 Å². The molecule has 2 unspecified atom stereocenters. The maximum atomic E-state index is 14.0. The number of para-hydroxylation sites is 2. The normalized spacial score (nSPS) is 22.3. The van der Waals surface area contributed by atoms with E-state index in [1.165, 1.54) is 0 Å². The third-order valence-corrected chi connectivity index (χ3v) is 6.69. The zero-order valence-electron chi connectivity index (χ0n) is 21.8. The number of hydrogen-bond donors (Lipinski definition) is 0. The van der Waals surface area contributed by atoms with Gasteiger partial charge >= 0.3 is 0 Å². The molecule has 0 radical (unpaired) electrons. The van der Waals surface area contributed by atoms with E-state index >= 15 is 0 Å². The third-order valence-electron chi connectivity index (χ3n) is 6.69. The zero-order valence-corrected chi connectivity index (χ0v) is 25.9. The quantitative estimate of drug-likeness (QED) is 0.344. The second kappa shape index (κ2) is 12.4. The van der Waals surface area contributed by atoms with Gasteiger partial charge in [0.2, 0.25) is 6.10 Å². The van der Waals surface area contributed by atoms with Crippen LogP contribution in [-0.2, 0) is 9.53 Å². The van der Waals surface area contributed by atoms with Crippen molar-refractivity contribution in [2.24, 2.45) is 0 Å². The van der Waals surface area contributed by atoms with Gasteiger partial charge in [-0.2, -0.15) is 0 Å². The average Bonchev–Trinajstić information content (AvgIpc) is 3.48. The minimum absolute atomic E-state index is 0. The van der Waals surface area contributed by atoms with Crippen molar-refractivity contribution in [2.75, 3.05) is 26.3 Å². The van der Waals surface area contributed by atoms with Crippen LogP contribution in [0.1, 0.15) is 35.5 Å². The predicted molar refractivity (Wildman–Crippen MR) is 140 cm³/mol. The van der Waals surface area contributed by atoms with Crippen LogP contribution in [0.3, 0.4) is 0 Å². The van der Waals surface area contributed by atoms with Gasteiger partial charge in [-0.1, -0.05) is 43.0 Å². The van der Waals surface area contributed by atoms with Crippen LogP contribution in [0.25, 0.3) is 0 Å². The Balaban J connectivity index is 0.00000241. The number of rotatable bonds is 8. The van der Waals surface area contributed by atoms with Crippen molar-refractivity contribution in [3.05, 3.63) is 83.8 Å². The van der Waals surface area contributed by atoms with E-state index in [1.807, 2.05) is 56.3 Å². The molecule has 0 aliphatic carbocycles. The molecule has 36 heavy (non-hydrogen) atoms. The smallest absolute Gasteiger partial charge is 0.271 e. The van der Waals surface area contributed by atoms with Gasteiger partial charge < -0.3 is 24.0 Å². The van der Waals surface area contributed by atoms with E-state index in [0.29, 0.717) is 24.1 Å². The van der Waals surface area contributed by atoms with Gasteiger partial charge in [-0.3, -0.25) is 4.79 Å². The number of nitrogens with zero attached hydrogens (tertiary/aromatic N) is 2. The van der Waals surface area contributed by atoms with E-state index in [0.717, 1.165) is 47.7 Å². The van der Waals surface area contributed by atoms with Crippen molar-refractivity contribution >= 4 is 5.91 Å². The first-order chi connectivity index (χ1) is 16.8. The molecule has 0 spiro atoms. The topological polar surface area (TPSA) is 51.2 Å². The van der Waals surface area contributed by atoms with Crippen LogP contribution in [0.15, 0.2) is 83.8 Å². The molecule has 2 saturated heterocycles.